The summed E-state index contributed by atoms with van der Waals surface area (Å²) in [5, 5.41) is 3.14. The average molecular weight is 433 g/mol. The minimum atomic E-state index is -0.173. The molecule has 178 valence electrons. The van der Waals surface area contributed by atoms with Gasteiger partial charge in [-0.1, -0.05) is 0 Å². The molecule has 0 bridgehead atoms. The van der Waals surface area contributed by atoms with E-state index in [0.29, 0.717) is 59.0 Å². The normalized spacial score (nSPS) is 11.3. The molecule has 0 heterocycles. The van der Waals surface area contributed by atoms with Gasteiger partial charge in [0.1, 0.15) is 0 Å². The summed E-state index contributed by atoms with van der Waals surface area (Å²) in [6.45, 7) is 11.7. The van der Waals surface area contributed by atoms with Crippen molar-refractivity contribution in [2.24, 2.45) is 0 Å². The van der Waals surface area contributed by atoms with E-state index in [1.807, 2.05) is 27.8 Å². The highest BCUT2D eigenvalue weighted by molar-refractivity contribution is 5.69. The van der Waals surface area contributed by atoms with Crippen LogP contribution >= 0.6 is 0 Å². The lowest BCUT2D eigenvalue weighted by Gasteiger charge is -2.17. The zero-order valence-corrected chi connectivity index (χ0v) is 19.6. The molecular weight excluding hydrogens is 388 g/mol. The van der Waals surface area contributed by atoms with E-state index in [1.54, 1.807) is 0 Å². The fraction of sp³-hybridized carbons (Fsp3) is 0.909. The van der Waals surface area contributed by atoms with Crippen molar-refractivity contribution < 1.29 is 28.5 Å². The maximum Gasteiger partial charge on any atom is 0.307 e. The Hall–Kier alpha value is -1.22. The Morgan fingerprint density at radius 1 is 0.833 bits per heavy atom. The average Bonchev–Trinajstić information content (AvgIpc) is 2.70. The molecule has 8 nitrogen and oxygen atoms in total. The van der Waals surface area contributed by atoms with Crippen LogP contribution in [0.2, 0.25) is 0 Å². The number of nitrogens with one attached hydrogen (secondary N) is 1. The second-order valence-corrected chi connectivity index (χ2v) is 7.52. The van der Waals surface area contributed by atoms with Crippen molar-refractivity contribution in [3.05, 3.63) is 0 Å². The van der Waals surface area contributed by atoms with E-state index in [2.05, 4.69) is 10.2 Å². The van der Waals surface area contributed by atoms with Crippen LogP contribution in [0.3, 0.4) is 0 Å². The van der Waals surface area contributed by atoms with Gasteiger partial charge in [0.25, 0.3) is 0 Å². The monoisotopic (exact) mass is 432 g/mol. The summed E-state index contributed by atoms with van der Waals surface area (Å²) < 4.78 is 21.2. The first kappa shape index (κ1) is 28.8. The zero-order valence-electron chi connectivity index (χ0n) is 19.6. The van der Waals surface area contributed by atoms with E-state index < -0.39 is 0 Å². The molecule has 8 heteroatoms. The minimum Gasteiger partial charge on any atom is -0.466 e. The molecule has 0 radical (unpaired) electrons. The molecule has 0 aliphatic heterocycles. The van der Waals surface area contributed by atoms with Gasteiger partial charge < -0.3 is 29.2 Å². The van der Waals surface area contributed by atoms with Crippen molar-refractivity contribution in [2.75, 3.05) is 66.3 Å². The molecule has 0 spiro atoms. The molecule has 0 fully saturated rings. The number of nitrogens with zero attached hydrogens (tertiary/aromatic N) is 1. The van der Waals surface area contributed by atoms with E-state index in [0.717, 1.165) is 38.8 Å². The molecule has 0 saturated heterocycles. The van der Waals surface area contributed by atoms with Gasteiger partial charge >= 0.3 is 11.9 Å². The molecule has 0 unspecified atom stereocenters. The Kier molecular flexibility index (Phi) is 20.2. The summed E-state index contributed by atoms with van der Waals surface area (Å²) in [7, 11) is 1.98. The summed E-state index contributed by atoms with van der Waals surface area (Å²) >= 11 is 0. The van der Waals surface area contributed by atoms with Gasteiger partial charge in [-0.15, -0.1) is 0 Å². The summed E-state index contributed by atoms with van der Waals surface area (Å²) in [6, 6.07) is 0. The summed E-state index contributed by atoms with van der Waals surface area (Å²) in [4.78, 5) is 25.4. The Bertz CT molecular complexity index is 420. The number of hydrogen-bond donors (Lipinski definition) is 1. The maximum atomic E-state index is 11.7. The fourth-order valence-corrected chi connectivity index (χ4v) is 2.52. The van der Waals surface area contributed by atoms with Gasteiger partial charge in [0.15, 0.2) is 0 Å². The standard InChI is InChI=1S/C22H44N2O6/c1-5-27-18-13-23-12-10-21(25)29-16-8-6-7-9-17-30-22(26)11-14-24(4)15-19-28-20(2)3/h20,23H,5-19H2,1-4H3. The summed E-state index contributed by atoms with van der Waals surface area (Å²) in [6.07, 6.45) is 4.58. The molecular formula is C22H44N2O6. The molecule has 0 aliphatic carbocycles. The predicted octanol–water partition coefficient (Wildman–Crippen LogP) is 2.40. The maximum absolute atomic E-state index is 11.7. The molecule has 30 heavy (non-hydrogen) atoms. The van der Waals surface area contributed by atoms with Crippen LogP contribution in [0.15, 0.2) is 0 Å². The van der Waals surface area contributed by atoms with Gasteiger partial charge in [-0.25, -0.2) is 0 Å². The van der Waals surface area contributed by atoms with Crippen LogP contribution in [0, 0.1) is 0 Å². The van der Waals surface area contributed by atoms with Gasteiger partial charge in [0, 0.05) is 32.8 Å². The fourth-order valence-electron chi connectivity index (χ4n) is 2.52. The lowest BCUT2D eigenvalue weighted by atomic mass is 10.2. The third-order valence-corrected chi connectivity index (χ3v) is 4.32. The van der Waals surface area contributed by atoms with Crippen molar-refractivity contribution in [1.29, 1.82) is 0 Å². The van der Waals surface area contributed by atoms with E-state index in [-0.39, 0.29) is 18.0 Å². The van der Waals surface area contributed by atoms with Crippen LogP contribution in [0.1, 0.15) is 59.3 Å². The highest BCUT2D eigenvalue weighted by atomic mass is 16.5. The first-order valence-corrected chi connectivity index (χ1v) is 11.4. The number of carbonyl (C=O) groups is 2. The second-order valence-electron chi connectivity index (χ2n) is 7.52. The van der Waals surface area contributed by atoms with Gasteiger partial charge in [0.05, 0.1) is 45.4 Å². The molecule has 0 aliphatic rings. The largest absolute Gasteiger partial charge is 0.466 e. The number of rotatable bonds is 21. The van der Waals surface area contributed by atoms with E-state index in [4.69, 9.17) is 18.9 Å². The Morgan fingerprint density at radius 3 is 2.07 bits per heavy atom. The van der Waals surface area contributed by atoms with Crippen molar-refractivity contribution in [3.63, 3.8) is 0 Å². The van der Waals surface area contributed by atoms with Crippen LogP contribution in [0.25, 0.3) is 0 Å². The van der Waals surface area contributed by atoms with Gasteiger partial charge in [-0.2, -0.15) is 0 Å². The first-order valence-electron chi connectivity index (χ1n) is 11.4. The Labute approximate surface area is 182 Å². The van der Waals surface area contributed by atoms with E-state index in [9.17, 15) is 9.59 Å². The van der Waals surface area contributed by atoms with Crippen molar-refractivity contribution >= 4 is 11.9 Å². The summed E-state index contributed by atoms with van der Waals surface area (Å²) in [5.74, 6) is -0.330. The highest BCUT2D eigenvalue weighted by Gasteiger charge is 2.06. The van der Waals surface area contributed by atoms with E-state index in [1.165, 1.54) is 0 Å². The number of hydrogen-bond acceptors (Lipinski definition) is 8. The number of ether oxygens (including phenoxy) is 4. The van der Waals surface area contributed by atoms with Crippen LogP contribution in [0.4, 0.5) is 0 Å². The van der Waals surface area contributed by atoms with Gasteiger partial charge in [-0.05, 0) is 53.5 Å². The Morgan fingerprint density at radius 2 is 1.47 bits per heavy atom. The van der Waals surface area contributed by atoms with E-state index >= 15 is 0 Å². The van der Waals surface area contributed by atoms with Crippen LogP contribution < -0.4 is 5.32 Å². The lowest BCUT2D eigenvalue weighted by Crippen LogP contribution is -2.27. The molecule has 0 saturated carbocycles. The molecule has 0 amide bonds. The lowest BCUT2D eigenvalue weighted by molar-refractivity contribution is -0.145. The number of likely N-dealkylation sites (N-methyl/N-ethyl adjacent to an activating group) is 1. The zero-order chi connectivity index (χ0) is 22.5. The molecule has 1 N–H and O–H groups in total. The molecule has 0 rings (SSSR count). The Balaban J connectivity index is 3.38. The number of carbonyl (C=O) groups excluding carboxylic acids is 2. The third-order valence-electron chi connectivity index (χ3n) is 4.32. The van der Waals surface area contributed by atoms with Gasteiger partial charge in [0.2, 0.25) is 0 Å². The number of esters is 2. The predicted molar refractivity (Wildman–Crippen MR) is 118 cm³/mol. The minimum absolute atomic E-state index is 0.157. The third kappa shape index (κ3) is 21.5. The quantitative estimate of drug-likeness (QED) is 0.219. The first-order chi connectivity index (χ1) is 14.5. The highest BCUT2D eigenvalue weighted by Crippen LogP contribution is 2.02. The van der Waals surface area contributed by atoms with Crippen LogP contribution in [0.5, 0.6) is 0 Å². The molecule has 0 aromatic carbocycles. The van der Waals surface area contributed by atoms with Crippen LogP contribution in [-0.2, 0) is 28.5 Å². The van der Waals surface area contributed by atoms with Crippen molar-refractivity contribution in [3.8, 4) is 0 Å². The topological polar surface area (TPSA) is 86.3 Å². The summed E-state index contributed by atoms with van der Waals surface area (Å²) in [5.41, 5.74) is 0. The SMILES string of the molecule is CCOCCNCCC(=O)OCCCCCCOC(=O)CCN(C)CCOC(C)C. The second kappa shape index (κ2) is 21.0. The number of unbranched alkanes of at least 4 members (excludes halogenated alkanes) is 3. The van der Waals surface area contributed by atoms with Crippen molar-refractivity contribution in [1.82, 2.24) is 10.2 Å². The molecule has 0 aromatic heterocycles. The van der Waals surface area contributed by atoms with Gasteiger partial charge in [-0.3, -0.25) is 9.59 Å². The molecule has 0 aromatic rings. The smallest absolute Gasteiger partial charge is 0.307 e. The molecule has 0 atom stereocenters. The van der Waals surface area contributed by atoms with Crippen molar-refractivity contribution in [2.45, 2.75) is 65.4 Å². The van der Waals surface area contributed by atoms with Crippen LogP contribution in [-0.4, -0.2) is 89.2 Å².